The highest BCUT2D eigenvalue weighted by Gasteiger charge is 2.15. The average Bonchev–Trinajstić information content (AvgIpc) is 2.55. The fraction of sp³-hybridized carbons (Fsp3) is 1.00. The van der Waals surface area contributed by atoms with Crippen molar-refractivity contribution < 1.29 is 14.6 Å². The van der Waals surface area contributed by atoms with E-state index >= 15 is 0 Å². The Balaban J connectivity index is 1.96. The predicted octanol–water partition coefficient (Wildman–Crippen LogP) is 0.703. The summed E-state index contributed by atoms with van der Waals surface area (Å²) in [5, 5.41) is 12.5. The third-order valence-corrected chi connectivity index (χ3v) is 2.15. The monoisotopic (exact) mass is 203 g/mol. The molecule has 0 aromatic rings. The molecule has 2 N–H and O–H groups in total. The number of nitrogens with one attached hydrogen (secondary N) is 1. The summed E-state index contributed by atoms with van der Waals surface area (Å²) in [7, 11) is 0. The molecule has 1 saturated heterocycles. The molecule has 0 radical (unpaired) electrons. The fourth-order valence-corrected chi connectivity index (χ4v) is 1.47. The number of aliphatic hydroxyl groups excluding tert-OH is 1. The van der Waals surface area contributed by atoms with E-state index in [0.29, 0.717) is 19.1 Å². The maximum absolute atomic E-state index is 9.50. The van der Waals surface area contributed by atoms with Crippen LogP contribution in [0.15, 0.2) is 0 Å². The largest absolute Gasteiger partial charge is 0.379 e. The van der Waals surface area contributed by atoms with E-state index in [-0.39, 0.29) is 6.29 Å². The highest BCUT2D eigenvalue weighted by molar-refractivity contribution is 4.59. The Labute approximate surface area is 85.6 Å². The molecule has 1 aliphatic rings. The maximum Gasteiger partial charge on any atom is 0.159 e. The molecule has 1 aliphatic heterocycles. The van der Waals surface area contributed by atoms with Crippen LogP contribution in [0.1, 0.15) is 26.7 Å². The summed E-state index contributed by atoms with van der Waals surface area (Å²) < 4.78 is 10.5. The van der Waals surface area contributed by atoms with Crippen molar-refractivity contribution in [2.24, 2.45) is 5.92 Å². The highest BCUT2D eigenvalue weighted by Crippen LogP contribution is 2.07. The Morgan fingerprint density at radius 2 is 2.00 bits per heavy atom. The lowest BCUT2D eigenvalue weighted by Gasteiger charge is -2.16. The zero-order valence-corrected chi connectivity index (χ0v) is 9.03. The summed E-state index contributed by atoms with van der Waals surface area (Å²) in [4.78, 5) is 0. The number of ether oxygens (including phenoxy) is 2. The summed E-state index contributed by atoms with van der Waals surface area (Å²) >= 11 is 0. The van der Waals surface area contributed by atoms with Crippen molar-refractivity contribution in [3.8, 4) is 0 Å². The molecule has 0 aromatic carbocycles. The molecule has 1 fully saturated rings. The van der Waals surface area contributed by atoms with Gasteiger partial charge in [-0.2, -0.15) is 0 Å². The van der Waals surface area contributed by atoms with Gasteiger partial charge in [0.1, 0.15) is 6.23 Å². The molecule has 4 heteroatoms. The SMILES string of the molecule is CC(C)CC(O)NCCC1OCCO1. The molecule has 1 rings (SSSR count). The van der Waals surface area contributed by atoms with Crippen LogP contribution in [-0.4, -0.2) is 37.4 Å². The van der Waals surface area contributed by atoms with Gasteiger partial charge in [-0.15, -0.1) is 0 Å². The Bertz CT molecular complexity index is 146. The number of aliphatic hydroxyl groups is 1. The second-order valence-corrected chi connectivity index (χ2v) is 4.06. The molecule has 4 nitrogen and oxygen atoms in total. The van der Waals surface area contributed by atoms with Crippen molar-refractivity contribution in [1.29, 1.82) is 0 Å². The second kappa shape index (κ2) is 6.35. The van der Waals surface area contributed by atoms with Crippen LogP contribution in [0.4, 0.5) is 0 Å². The first-order valence-corrected chi connectivity index (χ1v) is 5.33. The molecule has 14 heavy (non-hydrogen) atoms. The fourth-order valence-electron chi connectivity index (χ4n) is 1.47. The van der Waals surface area contributed by atoms with Gasteiger partial charge in [-0.3, -0.25) is 5.32 Å². The van der Waals surface area contributed by atoms with Crippen LogP contribution in [0.2, 0.25) is 0 Å². The van der Waals surface area contributed by atoms with Crippen molar-refractivity contribution in [1.82, 2.24) is 5.32 Å². The first kappa shape index (κ1) is 11.9. The minimum atomic E-state index is -0.406. The van der Waals surface area contributed by atoms with E-state index in [1.54, 1.807) is 0 Å². The van der Waals surface area contributed by atoms with Crippen molar-refractivity contribution in [3.05, 3.63) is 0 Å². The van der Waals surface area contributed by atoms with Gasteiger partial charge in [0.05, 0.1) is 13.2 Å². The maximum atomic E-state index is 9.50. The van der Waals surface area contributed by atoms with Crippen LogP contribution in [-0.2, 0) is 9.47 Å². The van der Waals surface area contributed by atoms with Crippen LogP contribution in [0.3, 0.4) is 0 Å². The second-order valence-electron chi connectivity index (χ2n) is 4.06. The smallest absolute Gasteiger partial charge is 0.159 e. The van der Waals surface area contributed by atoms with Gasteiger partial charge in [-0.05, 0) is 12.3 Å². The third-order valence-electron chi connectivity index (χ3n) is 2.15. The summed E-state index contributed by atoms with van der Waals surface area (Å²) in [5.41, 5.74) is 0. The topological polar surface area (TPSA) is 50.7 Å². The quantitative estimate of drug-likeness (QED) is 0.624. The van der Waals surface area contributed by atoms with Gasteiger partial charge in [-0.1, -0.05) is 13.8 Å². The molecule has 0 saturated carbocycles. The first-order valence-electron chi connectivity index (χ1n) is 5.33. The van der Waals surface area contributed by atoms with E-state index in [1.165, 1.54) is 0 Å². The molecule has 0 spiro atoms. The highest BCUT2D eigenvalue weighted by atomic mass is 16.7. The van der Waals surface area contributed by atoms with E-state index in [1.807, 2.05) is 0 Å². The molecule has 1 atom stereocenters. The normalized spacial score (nSPS) is 20.6. The Morgan fingerprint density at radius 3 is 2.57 bits per heavy atom. The van der Waals surface area contributed by atoms with Crippen molar-refractivity contribution >= 4 is 0 Å². The molecule has 1 heterocycles. The lowest BCUT2D eigenvalue weighted by molar-refractivity contribution is -0.0481. The zero-order valence-electron chi connectivity index (χ0n) is 9.03. The zero-order chi connectivity index (χ0) is 10.4. The third kappa shape index (κ3) is 4.91. The summed E-state index contributed by atoms with van der Waals surface area (Å²) in [6.07, 6.45) is 1.10. The van der Waals surface area contributed by atoms with Gasteiger partial charge in [0.15, 0.2) is 6.29 Å². The molecule has 0 amide bonds. The number of rotatable bonds is 6. The lowest BCUT2D eigenvalue weighted by atomic mass is 10.1. The van der Waals surface area contributed by atoms with Crippen molar-refractivity contribution in [2.45, 2.75) is 39.2 Å². The van der Waals surface area contributed by atoms with E-state index in [4.69, 9.17) is 9.47 Å². The number of hydrogen-bond donors (Lipinski definition) is 2. The molecule has 0 aromatic heterocycles. The summed E-state index contributed by atoms with van der Waals surface area (Å²) in [6.45, 7) is 6.30. The Morgan fingerprint density at radius 1 is 1.36 bits per heavy atom. The van der Waals surface area contributed by atoms with Crippen molar-refractivity contribution in [2.75, 3.05) is 19.8 Å². The molecular weight excluding hydrogens is 182 g/mol. The summed E-state index contributed by atoms with van der Waals surface area (Å²) in [5.74, 6) is 0.511. The lowest BCUT2D eigenvalue weighted by Crippen LogP contribution is -2.32. The van der Waals surface area contributed by atoms with Crippen LogP contribution >= 0.6 is 0 Å². The van der Waals surface area contributed by atoms with Crippen LogP contribution in [0.5, 0.6) is 0 Å². The van der Waals surface area contributed by atoms with Crippen LogP contribution in [0, 0.1) is 5.92 Å². The van der Waals surface area contributed by atoms with Gasteiger partial charge < -0.3 is 14.6 Å². The van der Waals surface area contributed by atoms with Gasteiger partial charge in [-0.25, -0.2) is 0 Å². The molecule has 1 unspecified atom stereocenters. The van der Waals surface area contributed by atoms with Gasteiger partial charge in [0, 0.05) is 13.0 Å². The van der Waals surface area contributed by atoms with Crippen LogP contribution < -0.4 is 5.32 Å². The molecular formula is C10H21NO3. The minimum absolute atomic E-state index is 0.0752. The Kier molecular flexibility index (Phi) is 5.40. The van der Waals surface area contributed by atoms with E-state index in [2.05, 4.69) is 19.2 Å². The standard InChI is InChI=1S/C10H21NO3/c1-8(2)7-9(12)11-4-3-10-13-5-6-14-10/h8-12H,3-7H2,1-2H3. The minimum Gasteiger partial charge on any atom is -0.379 e. The Hall–Kier alpha value is -0.160. The first-order chi connectivity index (χ1) is 6.68. The van der Waals surface area contributed by atoms with Gasteiger partial charge >= 0.3 is 0 Å². The molecule has 0 bridgehead atoms. The van der Waals surface area contributed by atoms with E-state index in [9.17, 15) is 5.11 Å². The average molecular weight is 203 g/mol. The summed E-state index contributed by atoms with van der Waals surface area (Å²) in [6, 6.07) is 0. The molecule has 84 valence electrons. The predicted molar refractivity (Wildman–Crippen MR) is 53.8 cm³/mol. The van der Waals surface area contributed by atoms with Gasteiger partial charge in [0.25, 0.3) is 0 Å². The van der Waals surface area contributed by atoms with Crippen molar-refractivity contribution in [3.63, 3.8) is 0 Å². The number of hydrogen-bond acceptors (Lipinski definition) is 4. The molecule has 0 aliphatic carbocycles. The van der Waals surface area contributed by atoms with Gasteiger partial charge in [0.2, 0.25) is 0 Å². The van der Waals surface area contributed by atoms with E-state index in [0.717, 1.165) is 19.4 Å². The van der Waals surface area contributed by atoms with E-state index < -0.39 is 6.23 Å². The van der Waals surface area contributed by atoms with Crippen LogP contribution in [0.25, 0.3) is 0 Å².